The zero-order valence-corrected chi connectivity index (χ0v) is 28.7. The van der Waals surface area contributed by atoms with Gasteiger partial charge in [0.25, 0.3) is 0 Å². The van der Waals surface area contributed by atoms with Crippen molar-refractivity contribution in [3.05, 3.63) is 109 Å². The molecule has 2 aromatic carbocycles. The lowest BCUT2D eigenvalue weighted by Gasteiger charge is -2.04. The van der Waals surface area contributed by atoms with Crippen molar-refractivity contribution in [3.8, 4) is 88.6 Å². The highest BCUT2D eigenvalue weighted by Crippen LogP contribution is 2.18. The number of benzene rings is 2. The van der Waals surface area contributed by atoms with Crippen molar-refractivity contribution in [1.29, 1.82) is 0 Å². The predicted octanol–water partition coefficient (Wildman–Crippen LogP) is 3.60. The first-order valence-electron chi connectivity index (χ1n) is 16.0. The fraction of sp³-hybridized carbons (Fsp3) is 0.0789. The molecular weight excluding hydrogens is 699 g/mol. The normalized spacial score (nSPS) is 9.69. The molecule has 17 nitrogen and oxygen atoms in total. The minimum Gasteiger partial charge on any atom is -0.481 e. The van der Waals surface area contributed by atoms with Crippen LogP contribution in [-0.4, -0.2) is 83.7 Å². The summed E-state index contributed by atoms with van der Waals surface area (Å²) in [7, 11) is 0. The summed E-state index contributed by atoms with van der Waals surface area (Å²) in [6.07, 6.45) is 21.8. The summed E-state index contributed by atoms with van der Waals surface area (Å²) in [5.74, 6) is 9.49. The van der Waals surface area contributed by atoms with Gasteiger partial charge in [-0.3, -0.25) is 14.8 Å². The molecule has 0 saturated heterocycles. The first-order chi connectivity index (χ1) is 27.1. The molecule has 0 bridgehead atoms. The van der Waals surface area contributed by atoms with Crippen LogP contribution in [0.3, 0.4) is 0 Å². The first-order valence-corrected chi connectivity index (χ1v) is 16.0. The Kier molecular flexibility index (Phi) is 14.0. The third-order valence-corrected chi connectivity index (χ3v) is 6.71. The summed E-state index contributed by atoms with van der Waals surface area (Å²) in [6.45, 7) is 0.254. The zero-order chi connectivity index (χ0) is 38.5. The van der Waals surface area contributed by atoms with Gasteiger partial charge in [-0.2, -0.15) is 0 Å². The number of hydrogen-bond acceptors (Lipinski definition) is 16. The lowest BCUT2D eigenvalue weighted by Crippen LogP contribution is -2.11. The van der Waals surface area contributed by atoms with Gasteiger partial charge >= 0.3 is 0 Å². The van der Waals surface area contributed by atoms with E-state index in [4.69, 9.17) is 24.0 Å². The number of carbonyl (C=O) groups excluding carboxylic acids is 1. The maximum absolute atomic E-state index is 11.6. The van der Waals surface area contributed by atoms with Gasteiger partial charge in [0.2, 0.25) is 29.2 Å². The molecule has 1 amide bonds. The number of ether oxygens (including phenoxy) is 1. The molecule has 0 aliphatic heterocycles. The molecule has 0 atom stereocenters. The highest BCUT2D eigenvalue weighted by molar-refractivity contribution is 5.90. The average molecular weight is 726 g/mol. The molecule has 5 aromatic heterocycles. The Bertz CT molecular complexity index is 2370. The number of carbonyl (C=O) groups is 1. The molecule has 55 heavy (non-hydrogen) atoms. The second-order valence-corrected chi connectivity index (χ2v) is 10.4. The average Bonchev–Trinajstić information content (AvgIpc) is 3.27. The van der Waals surface area contributed by atoms with E-state index in [9.17, 15) is 4.79 Å². The van der Waals surface area contributed by atoms with Gasteiger partial charge in [0, 0.05) is 35.7 Å². The molecule has 17 heteroatoms. The van der Waals surface area contributed by atoms with Crippen molar-refractivity contribution in [3.63, 3.8) is 0 Å². The number of pyridine rings is 2. The van der Waals surface area contributed by atoms with Gasteiger partial charge in [-0.1, -0.05) is 17.9 Å². The number of amides is 1. The van der Waals surface area contributed by atoms with Crippen LogP contribution in [0, 0.1) is 37.0 Å². The van der Waals surface area contributed by atoms with Crippen molar-refractivity contribution in [2.45, 2.75) is 12.8 Å². The molecular formula is C38H27N15O2. The number of aromatic nitrogens is 14. The van der Waals surface area contributed by atoms with E-state index in [0.717, 1.165) is 16.7 Å². The van der Waals surface area contributed by atoms with Gasteiger partial charge in [0.05, 0.1) is 11.9 Å². The zero-order valence-electron chi connectivity index (χ0n) is 28.7. The topological polar surface area (TPSA) is 219 Å². The fourth-order valence-corrected chi connectivity index (χ4v) is 4.12. The highest BCUT2D eigenvalue weighted by atomic mass is 16.5. The molecule has 0 aliphatic rings. The molecule has 0 spiro atoms. The third-order valence-electron chi connectivity index (χ3n) is 6.71. The molecule has 0 aliphatic carbocycles. The lowest BCUT2D eigenvalue weighted by atomic mass is 10.1. The van der Waals surface area contributed by atoms with E-state index in [1.54, 1.807) is 42.6 Å². The molecule has 0 saturated carbocycles. The standard InChI is InChI=1S/C17H13N7O.C11H8N4O.C10H6N4/c1-2-3-7-15(25)20-12-8-9-14(19-11-12)17-23-21-16(22-24-17)13-6-4-5-10-18-13;1-2-7-16-10-5-3-9(4-6-10)11-14-12-8-13-15-11;1-2-8-3-5-9(6-4-8)10-13-11-7-12-14-10/h1,4-6,8-11H,3,7H2,(H,20,25);1,3-6,8H,7H2;1,3-7H. The Balaban J connectivity index is 0.000000167. The van der Waals surface area contributed by atoms with E-state index >= 15 is 0 Å². The molecule has 0 radical (unpaired) electrons. The summed E-state index contributed by atoms with van der Waals surface area (Å²) in [6, 6.07) is 23.4. The van der Waals surface area contributed by atoms with Crippen molar-refractivity contribution >= 4 is 11.6 Å². The van der Waals surface area contributed by atoms with E-state index in [1.807, 2.05) is 42.5 Å². The van der Waals surface area contributed by atoms with Crippen molar-refractivity contribution in [2.75, 3.05) is 11.9 Å². The van der Waals surface area contributed by atoms with E-state index in [-0.39, 0.29) is 24.8 Å². The van der Waals surface area contributed by atoms with Crippen LogP contribution >= 0.6 is 0 Å². The van der Waals surface area contributed by atoms with E-state index in [2.05, 4.69) is 94.2 Å². The van der Waals surface area contributed by atoms with Crippen LogP contribution in [-0.2, 0) is 4.79 Å². The SMILES string of the molecule is C#CCCC(=O)Nc1ccc(-c2nnc(-c3ccccn3)nn2)nc1.C#CCOc1ccc(-c2nncnn2)cc1.C#Cc1ccc(-c2nncnn2)cc1. The summed E-state index contributed by atoms with van der Waals surface area (Å²) in [5, 5.41) is 48.7. The lowest BCUT2D eigenvalue weighted by molar-refractivity contribution is -0.116. The fourth-order valence-electron chi connectivity index (χ4n) is 4.12. The van der Waals surface area contributed by atoms with Crippen LogP contribution < -0.4 is 10.1 Å². The Morgan fingerprint density at radius 3 is 1.69 bits per heavy atom. The van der Waals surface area contributed by atoms with Crippen molar-refractivity contribution in [1.82, 2.24) is 71.2 Å². The maximum atomic E-state index is 11.6. The largest absolute Gasteiger partial charge is 0.481 e. The Morgan fingerprint density at radius 1 is 0.618 bits per heavy atom. The highest BCUT2D eigenvalue weighted by Gasteiger charge is 2.09. The van der Waals surface area contributed by atoms with Crippen molar-refractivity contribution in [2.24, 2.45) is 0 Å². The molecule has 7 aromatic rings. The molecule has 0 unspecified atom stereocenters. The van der Waals surface area contributed by atoms with Crippen LogP contribution in [0.1, 0.15) is 18.4 Å². The number of hydrogen-bond donors (Lipinski definition) is 1. The van der Waals surface area contributed by atoms with Gasteiger partial charge in [0.15, 0.2) is 12.7 Å². The molecule has 5 heterocycles. The van der Waals surface area contributed by atoms with Gasteiger partial charge in [-0.25, -0.2) is 0 Å². The van der Waals surface area contributed by atoms with Crippen LogP contribution in [0.15, 0.2) is 104 Å². The Morgan fingerprint density at radius 2 is 1.20 bits per heavy atom. The number of nitrogens with zero attached hydrogens (tertiary/aromatic N) is 14. The molecule has 266 valence electrons. The van der Waals surface area contributed by atoms with Gasteiger partial charge in [-0.05, 0) is 72.8 Å². The maximum Gasteiger partial charge on any atom is 0.225 e. The molecule has 0 fully saturated rings. The van der Waals surface area contributed by atoms with Crippen LogP contribution in [0.2, 0.25) is 0 Å². The Labute approximate surface area is 314 Å². The van der Waals surface area contributed by atoms with E-state index in [1.165, 1.54) is 18.9 Å². The van der Waals surface area contributed by atoms with Crippen LogP contribution in [0.25, 0.3) is 45.8 Å². The number of rotatable bonds is 9. The predicted molar refractivity (Wildman–Crippen MR) is 199 cm³/mol. The number of anilines is 1. The van der Waals surface area contributed by atoms with Gasteiger partial charge in [-0.15, -0.1) is 86.4 Å². The Hall–Kier alpha value is -8.49. The molecule has 7 rings (SSSR count). The minimum absolute atomic E-state index is 0.160. The van der Waals surface area contributed by atoms with E-state index < -0.39 is 0 Å². The quantitative estimate of drug-likeness (QED) is 0.210. The minimum atomic E-state index is -0.160. The second kappa shape index (κ2) is 20.4. The summed E-state index contributed by atoms with van der Waals surface area (Å²) < 4.78 is 5.24. The summed E-state index contributed by atoms with van der Waals surface area (Å²) >= 11 is 0. The van der Waals surface area contributed by atoms with E-state index in [0.29, 0.717) is 46.7 Å². The van der Waals surface area contributed by atoms with Gasteiger partial charge in [0.1, 0.15) is 23.7 Å². The molecule has 1 N–H and O–H groups in total. The summed E-state index contributed by atoms with van der Waals surface area (Å²) in [4.78, 5) is 20.0. The van der Waals surface area contributed by atoms with Crippen LogP contribution in [0.4, 0.5) is 5.69 Å². The van der Waals surface area contributed by atoms with Gasteiger partial charge < -0.3 is 10.1 Å². The smallest absolute Gasteiger partial charge is 0.225 e. The third kappa shape index (κ3) is 11.8. The summed E-state index contributed by atoms with van der Waals surface area (Å²) in [5.41, 5.74) is 4.15. The second-order valence-electron chi connectivity index (χ2n) is 10.4. The van der Waals surface area contributed by atoms with Crippen LogP contribution in [0.5, 0.6) is 5.75 Å². The number of terminal acetylenes is 3. The first kappa shape index (κ1) is 37.8. The monoisotopic (exact) mass is 725 g/mol. The number of nitrogens with one attached hydrogen (secondary N) is 1. The van der Waals surface area contributed by atoms with Crippen molar-refractivity contribution < 1.29 is 9.53 Å².